The molecule has 0 fully saturated rings. The first-order valence-electron chi connectivity index (χ1n) is 3.98. The van der Waals surface area contributed by atoms with E-state index in [0.717, 1.165) is 13.1 Å². The van der Waals surface area contributed by atoms with Crippen LogP contribution in [-0.4, -0.2) is 51.1 Å². The van der Waals surface area contributed by atoms with Crippen molar-refractivity contribution in [3.8, 4) is 0 Å². The van der Waals surface area contributed by atoms with Gasteiger partial charge in [0.1, 0.15) is 0 Å². The van der Waals surface area contributed by atoms with Crippen LogP contribution in [0.4, 0.5) is 0 Å². The van der Waals surface area contributed by atoms with Crippen LogP contribution in [0.5, 0.6) is 0 Å². The summed E-state index contributed by atoms with van der Waals surface area (Å²) in [7, 11) is 8.36. The zero-order valence-electron chi connectivity index (χ0n) is 8.17. The van der Waals surface area contributed by atoms with Crippen LogP contribution in [0, 0.1) is 5.92 Å². The van der Waals surface area contributed by atoms with E-state index < -0.39 is 0 Å². The minimum atomic E-state index is 0.583. The molecule has 0 aromatic rings. The zero-order chi connectivity index (χ0) is 8.85. The molecule has 0 N–H and O–H groups in total. The largest absolute Gasteiger partial charge is 0.309 e. The molecule has 0 rings (SSSR count). The molecule has 0 saturated carbocycles. The third-order valence-electron chi connectivity index (χ3n) is 1.53. The summed E-state index contributed by atoms with van der Waals surface area (Å²) < 4.78 is 0. The van der Waals surface area contributed by atoms with Crippen molar-refractivity contribution < 1.29 is 0 Å². The topological polar surface area (TPSA) is 6.48 Å². The first-order chi connectivity index (χ1) is 5.06. The summed E-state index contributed by atoms with van der Waals surface area (Å²) in [6.45, 7) is 5.98. The molecule has 0 unspecified atom stereocenters. The lowest BCUT2D eigenvalue weighted by Crippen LogP contribution is -2.28. The second-order valence-electron chi connectivity index (χ2n) is 3.52. The lowest BCUT2D eigenvalue weighted by atomic mass is 10.1. The number of rotatable bonds is 5. The maximum atomic E-state index is 3.81. The van der Waals surface area contributed by atoms with Crippen molar-refractivity contribution in [1.29, 1.82) is 0 Å². The fourth-order valence-corrected chi connectivity index (χ4v) is 1.14. The van der Waals surface area contributed by atoms with Gasteiger partial charge < -0.3 is 9.80 Å². The molecule has 11 heavy (non-hydrogen) atoms. The Labute approximate surface area is 70.5 Å². The first-order valence-corrected chi connectivity index (χ1v) is 3.98. The normalized spacial score (nSPS) is 11.5. The van der Waals surface area contributed by atoms with E-state index in [1.807, 2.05) is 6.08 Å². The van der Waals surface area contributed by atoms with Gasteiger partial charge in [0, 0.05) is 19.0 Å². The Morgan fingerprint density at radius 2 is 1.45 bits per heavy atom. The molecule has 0 aliphatic carbocycles. The molecule has 0 aromatic carbocycles. The van der Waals surface area contributed by atoms with E-state index >= 15 is 0 Å². The van der Waals surface area contributed by atoms with Crippen LogP contribution in [0.2, 0.25) is 0 Å². The smallest absolute Gasteiger partial charge is 0.00504 e. The molecule has 0 heterocycles. The van der Waals surface area contributed by atoms with Gasteiger partial charge in [-0.3, -0.25) is 0 Å². The van der Waals surface area contributed by atoms with Crippen molar-refractivity contribution in [2.75, 3.05) is 41.3 Å². The van der Waals surface area contributed by atoms with E-state index in [1.54, 1.807) is 0 Å². The highest BCUT2D eigenvalue weighted by molar-refractivity contribution is 4.82. The minimum absolute atomic E-state index is 0.583. The maximum absolute atomic E-state index is 3.81. The van der Waals surface area contributed by atoms with E-state index in [0.29, 0.717) is 5.92 Å². The maximum Gasteiger partial charge on any atom is 0.00504 e. The van der Waals surface area contributed by atoms with Crippen LogP contribution in [-0.2, 0) is 0 Å². The molecular formula is C9H20N2. The Hall–Kier alpha value is -0.340. The summed E-state index contributed by atoms with van der Waals surface area (Å²) in [6, 6.07) is 0. The van der Waals surface area contributed by atoms with Crippen molar-refractivity contribution in [3.05, 3.63) is 12.7 Å². The Balaban J connectivity index is 3.67. The van der Waals surface area contributed by atoms with Gasteiger partial charge in [-0.1, -0.05) is 6.08 Å². The number of nitrogens with zero attached hydrogens (tertiary/aromatic N) is 2. The van der Waals surface area contributed by atoms with Gasteiger partial charge in [-0.05, 0) is 28.2 Å². The second kappa shape index (κ2) is 5.33. The van der Waals surface area contributed by atoms with Gasteiger partial charge in [-0.2, -0.15) is 0 Å². The fourth-order valence-electron chi connectivity index (χ4n) is 1.14. The van der Waals surface area contributed by atoms with Gasteiger partial charge in [0.05, 0.1) is 0 Å². The Morgan fingerprint density at radius 3 is 1.64 bits per heavy atom. The Bertz CT molecular complexity index is 98.1. The first kappa shape index (κ1) is 10.7. The molecule has 2 heteroatoms. The predicted octanol–water partition coefficient (Wildman–Crippen LogP) is 0.912. The lowest BCUT2D eigenvalue weighted by Gasteiger charge is -2.20. The van der Waals surface area contributed by atoms with Gasteiger partial charge in [0.15, 0.2) is 0 Å². The molecule has 2 nitrogen and oxygen atoms in total. The molecular weight excluding hydrogens is 136 g/mol. The van der Waals surface area contributed by atoms with Gasteiger partial charge in [0.2, 0.25) is 0 Å². The average Bonchev–Trinajstić information content (AvgIpc) is 1.84. The molecule has 0 spiro atoms. The highest BCUT2D eigenvalue weighted by atomic mass is 15.1. The van der Waals surface area contributed by atoms with Crippen LogP contribution in [0.1, 0.15) is 0 Å². The molecule has 0 aliphatic heterocycles. The molecule has 0 bridgehead atoms. The summed E-state index contributed by atoms with van der Waals surface area (Å²) in [6.07, 6.45) is 2.03. The van der Waals surface area contributed by atoms with Crippen LogP contribution in [0.3, 0.4) is 0 Å². The van der Waals surface area contributed by atoms with E-state index in [1.165, 1.54) is 0 Å². The van der Waals surface area contributed by atoms with Gasteiger partial charge in [-0.25, -0.2) is 0 Å². The molecule has 0 radical (unpaired) electrons. The minimum Gasteiger partial charge on any atom is -0.309 e. The van der Waals surface area contributed by atoms with E-state index in [-0.39, 0.29) is 0 Å². The quantitative estimate of drug-likeness (QED) is 0.546. The van der Waals surface area contributed by atoms with E-state index in [4.69, 9.17) is 0 Å². The zero-order valence-corrected chi connectivity index (χ0v) is 8.17. The molecule has 0 saturated heterocycles. The second-order valence-corrected chi connectivity index (χ2v) is 3.52. The third-order valence-corrected chi connectivity index (χ3v) is 1.53. The van der Waals surface area contributed by atoms with Gasteiger partial charge in [-0.15, -0.1) is 6.58 Å². The summed E-state index contributed by atoms with van der Waals surface area (Å²) in [5.41, 5.74) is 0. The van der Waals surface area contributed by atoms with Crippen molar-refractivity contribution in [3.63, 3.8) is 0 Å². The SMILES string of the molecule is C=CC(CN(C)C)CN(C)C. The van der Waals surface area contributed by atoms with Gasteiger partial charge in [0.25, 0.3) is 0 Å². The molecule has 0 aliphatic rings. The highest BCUT2D eigenvalue weighted by Gasteiger charge is 2.05. The summed E-state index contributed by atoms with van der Waals surface area (Å²) >= 11 is 0. The third kappa shape index (κ3) is 6.07. The molecule has 0 atom stereocenters. The van der Waals surface area contributed by atoms with E-state index in [9.17, 15) is 0 Å². The van der Waals surface area contributed by atoms with Crippen LogP contribution < -0.4 is 0 Å². The van der Waals surface area contributed by atoms with Crippen LogP contribution in [0.25, 0.3) is 0 Å². The van der Waals surface area contributed by atoms with Crippen LogP contribution in [0.15, 0.2) is 12.7 Å². The van der Waals surface area contributed by atoms with Crippen molar-refractivity contribution in [2.45, 2.75) is 0 Å². The van der Waals surface area contributed by atoms with Crippen molar-refractivity contribution in [2.24, 2.45) is 5.92 Å². The Kier molecular flexibility index (Phi) is 5.16. The summed E-state index contributed by atoms with van der Waals surface area (Å²) in [5.74, 6) is 0.583. The fraction of sp³-hybridized carbons (Fsp3) is 0.778. The average molecular weight is 156 g/mol. The highest BCUT2D eigenvalue weighted by Crippen LogP contribution is 2.00. The summed E-state index contributed by atoms with van der Waals surface area (Å²) in [4.78, 5) is 4.38. The van der Waals surface area contributed by atoms with Gasteiger partial charge >= 0.3 is 0 Å². The monoisotopic (exact) mass is 156 g/mol. The Morgan fingerprint density at radius 1 is 1.09 bits per heavy atom. The van der Waals surface area contributed by atoms with Crippen molar-refractivity contribution in [1.82, 2.24) is 9.80 Å². The number of hydrogen-bond donors (Lipinski definition) is 0. The molecule has 0 aromatic heterocycles. The van der Waals surface area contributed by atoms with Crippen LogP contribution >= 0.6 is 0 Å². The van der Waals surface area contributed by atoms with E-state index in [2.05, 4.69) is 44.6 Å². The standard InChI is InChI=1S/C9H20N2/c1-6-9(7-10(2)3)8-11(4)5/h6,9H,1,7-8H2,2-5H3. The molecule has 0 amide bonds. The van der Waals surface area contributed by atoms with Crippen molar-refractivity contribution >= 4 is 0 Å². The predicted molar refractivity (Wildman–Crippen MR) is 50.8 cm³/mol. The molecule has 66 valence electrons. The number of hydrogen-bond acceptors (Lipinski definition) is 2. The summed E-state index contributed by atoms with van der Waals surface area (Å²) in [5, 5.41) is 0. The lowest BCUT2D eigenvalue weighted by molar-refractivity contribution is 0.292.